The average Bonchev–Trinajstić information content (AvgIpc) is 2.84. The quantitative estimate of drug-likeness (QED) is 0.860. The Hall–Kier alpha value is -0.560. The van der Waals surface area contributed by atoms with Gasteiger partial charge < -0.3 is 4.98 Å². The molecule has 2 atom stereocenters. The summed E-state index contributed by atoms with van der Waals surface area (Å²) in [7, 11) is -1.39. The number of aromatic amines is 1. The average molecular weight is 306 g/mol. The standard InChI is InChI=1S/C12H20ClN3O2S/c1-9-7-16(8-10(2)15(9)3)19(17,18)12-4-11(5-13)14-6-12/h4,6,9-10,14H,5,7-8H2,1-3H3. The molecule has 0 bridgehead atoms. The van der Waals surface area contributed by atoms with Gasteiger partial charge in [0.1, 0.15) is 0 Å². The number of sulfonamides is 1. The van der Waals surface area contributed by atoms with Crippen LogP contribution in [0, 0.1) is 0 Å². The molecule has 1 N–H and O–H groups in total. The van der Waals surface area contributed by atoms with Gasteiger partial charge >= 0.3 is 0 Å². The van der Waals surface area contributed by atoms with Crippen LogP contribution >= 0.6 is 11.6 Å². The summed E-state index contributed by atoms with van der Waals surface area (Å²) in [5.74, 6) is 0.283. The van der Waals surface area contributed by atoms with Gasteiger partial charge in [-0.15, -0.1) is 11.6 Å². The molecule has 2 heterocycles. The number of alkyl halides is 1. The van der Waals surface area contributed by atoms with Crippen molar-refractivity contribution in [2.24, 2.45) is 0 Å². The first-order valence-corrected chi connectivity index (χ1v) is 8.29. The van der Waals surface area contributed by atoms with Gasteiger partial charge in [-0.05, 0) is 27.0 Å². The van der Waals surface area contributed by atoms with Crippen molar-refractivity contribution in [2.45, 2.75) is 36.7 Å². The Morgan fingerprint density at radius 3 is 2.42 bits per heavy atom. The van der Waals surface area contributed by atoms with Gasteiger partial charge in [0, 0.05) is 37.1 Å². The molecule has 1 aromatic rings. The molecular formula is C12H20ClN3O2S. The van der Waals surface area contributed by atoms with Gasteiger partial charge in [-0.25, -0.2) is 8.42 Å². The Kier molecular flexibility index (Phi) is 4.25. The highest BCUT2D eigenvalue weighted by Gasteiger charge is 2.34. The van der Waals surface area contributed by atoms with Crippen LogP contribution < -0.4 is 0 Å². The minimum atomic E-state index is -3.42. The maximum atomic E-state index is 12.6. The van der Waals surface area contributed by atoms with Crippen molar-refractivity contribution >= 4 is 21.6 Å². The number of hydrogen-bond acceptors (Lipinski definition) is 3. The van der Waals surface area contributed by atoms with Gasteiger partial charge in [0.25, 0.3) is 0 Å². The van der Waals surface area contributed by atoms with Crippen LogP contribution in [-0.2, 0) is 15.9 Å². The van der Waals surface area contributed by atoms with E-state index in [1.807, 2.05) is 20.9 Å². The van der Waals surface area contributed by atoms with Crippen LogP contribution in [0.15, 0.2) is 17.2 Å². The Bertz CT molecular complexity index is 531. The van der Waals surface area contributed by atoms with Crippen molar-refractivity contribution < 1.29 is 8.42 Å². The number of likely N-dealkylation sites (N-methyl/N-ethyl adjacent to an activating group) is 1. The van der Waals surface area contributed by atoms with E-state index >= 15 is 0 Å². The number of piperazine rings is 1. The second kappa shape index (κ2) is 5.44. The van der Waals surface area contributed by atoms with Gasteiger partial charge in [0.2, 0.25) is 10.0 Å². The highest BCUT2D eigenvalue weighted by atomic mass is 35.5. The van der Waals surface area contributed by atoms with Crippen LogP contribution in [0.3, 0.4) is 0 Å². The minimum Gasteiger partial charge on any atom is -0.363 e. The van der Waals surface area contributed by atoms with E-state index in [2.05, 4.69) is 9.88 Å². The first-order chi connectivity index (χ1) is 8.86. The summed E-state index contributed by atoms with van der Waals surface area (Å²) in [5, 5.41) is 0. The summed E-state index contributed by atoms with van der Waals surface area (Å²) in [5.41, 5.74) is 0.718. The molecule has 0 radical (unpaired) electrons. The molecule has 1 aliphatic rings. The monoisotopic (exact) mass is 305 g/mol. The van der Waals surface area contributed by atoms with Crippen LogP contribution in [0.25, 0.3) is 0 Å². The molecule has 2 rings (SSSR count). The Labute approximate surface area is 119 Å². The molecule has 1 saturated heterocycles. The zero-order valence-electron chi connectivity index (χ0n) is 11.4. The highest BCUT2D eigenvalue weighted by Crippen LogP contribution is 2.22. The predicted molar refractivity (Wildman–Crippen MR) is 75.8 cm³/mol. The number of nitrogens with one attached hydrogen (secondary N) is 1. The summed E-state index contributed by atoms with van der Waals surface area (Å²) in [6, 6.07) is 2.03. The van der Waals surface area contributed by atoms with E-state index in [0.29, 0.717) is 18.0 Å². The topological polar surface area (TPSA) is 56.4 Å². The third-order valence-corrected chi connectivity index (χ3v) is 5.92. The molecule has 2 unspecified atom stereocenters. The van der Waals surface area contributed by atoms with Gasteiger partial charge in [-0.3, -0.25) is 4.90 Å². The number of hydrogen-bond donors (Lipinski definition) is 1. The summed E-state index contributed by atoms with van der Waals surface area (Å²) >= 11 is 5.70. The van der Waals surface area contributed by atoms with Gasteiger partial charge in [0.05, 0.1) is 10.8 Å². The Morgan fingerprint density at radius 1 is 1.37 bits per heavy atom. The molecule has 7 heteroatoms. The fourth-order valence-corrected chi connectivity index (χ4v) is 4.12. The number of rotatable bonds is 3. The third-order valence-electron chi connectivity index (χ3n) is 3.82. The van der Waals surface area contributed by atoms with Crippen molar-refractivity contribution in [3.8, 4) is 0 Å². The number of H-pyrrole nitrogens is 1. The van der Waals surface area contributed by atoms with Crippen LogP contribution in [0.5, 0.6) is 0 Å². The molecule has 1 aliphatic heterocycles. The van der Waals surface area contributed by atoms with Crippen molar-refractivity contribution in [2.75, 3.05) is 20.1 Å². The summed E-state index contributed by atoms with van der Waals surface area (Å²) < 4.78 is 26.7. The largest absolute Gasteiger partial charge is 0.363 e. The van der Waals surface area contributed by atoms with Gasteiger partial charge in [-0.2, -0.15) is 4.31 Å². The molecule has 5 nitrogen and oxygen atoms in total. The molecule has 0 saturated carbocycles. The number of nitrogens with zero attached hydrogens (tertiary/aromatic N) is 2. The Balaban J connectivity index is 2.25. The molecule has 108 valence electrons. The first kappa shape index (κ1) is 14.8. The predicted octanol–water partition coefficient (Wildman–Crippen LogP) is 1.47. The maximum Gasteiger partial charge on any atom is 0.244 e. The zero-order chi connectivity index (χ0) is 14.2. The van der Waals surface area contributed by atoms with E-state index in [0.717, 1.165) is 5.69 Å². The maximum absolute atomic E-state index is 12.6. The molecule has 1 aromatic heterocycles. The molecule has 19 heavy (non-hydrogen) atoms. The van der Waals surface area contributed by atoms with Crippen LogP contribution in [-0.4, -0.2) is 54.8 Å². The fourth-order valence-electron chi connectivity index (χ4n) is 2.35. The second-order valence-corrected chi connectivity index (χ2v) is 7.38. The van der Waals surface area contributed by atoms with E-state index in [4.69, 9.17) is 11.6 Å². The van der Waals surface area contributed by atoms with Crippen LogP contribution in [0.2, 0.25) is 0 Å². The molecule has 0 amide bonds. The van der Waals surface area contributed by atoms with E-state index in [1.54, 1.807) is 10.4 Å². The van der Waals surface area contributed by atoms with Crippen molar-refractivity contribution in [1.82, 2.24) is 14.2 Å². The zero-order valence-corrected chi connectivity index (χ0v) is 13.0. The smallest absolute Gasteiger partial charge is 0.244 e. The van der Waals surface area contributed by atoms with Crippen LogP contribution in [0.4, 0.5) is 0 Å². The van der Waals surface area contributed by atoms with Crippen molar-refractivity contribution in [3.63, 3.8) is 0 Å². The van der Waals surface area contributed by atoms with Gasteiger partial charge in [-0.1, -0.05) is 0 Å². The lowest BCUT2D eigenvalue weighted by Gasteiger charge is -2.41. The van der Waals surface area contributed by atoms with Crippen LogP contribution in [0.1, 0.15) is 19.5 Å². The van der Waals surface area contributed by atoms with E-state index in [1.165, 1.54) is 6.20 Å². The van der Waals surface area contributed by atoms with Gasteiger partial charge in [0.15, 0.2) is 0 Å². The number of aromatic nitrogens is 1. The Morgan fingerprint density at radius 2 is 1.95 bits per heavy atom. The summed E-state index contributed by atoms with van der Waals surface area (Å²) in [6.07, 6.45) is 1.51. The lowest BCUT2D eigenvalue weighted by Crippen LogP contribution is -2.56. The van der Waals surface area contributed by atoms with E-state index in [-0.39, 0.29) is 18.0 Å². The third kappa shape index (κ3) is 2.81. The SMILES string of the molecule is CC1CN(S(=O)(=O)c2c[nH]c(CCl)c2)CC(C)N1C. The van der Waals surface area contributed by atoms with E-state index in [9.17, 15) is 8.42 Å². The molecule has 0 aromatic carbocycles. The summed E-state index contributed by atoms with van der Waals surface area (Å²) in [6.45, 7) is 5.12. The normalized spacial score (nSPS) is 26.7. The van der Waals surface area contributed by atoms with Crippen molar-refractivity contribution in [1.29, 1.82) is 0 Å². The molecule has 0 aliphatic carbocycles. The first-order valence-electron chi connectivity index (χ1n) is 6.31. The fraction of sp³-hybridized carbons (Fsp3) is 0.667. The lowest BCUT2D eigenvalue weighted by molar-refractivity contribution is 0.105. The highest BCUT2D eigenvalue weighted by molar-refractivity contribution is 7.89. The minimum absolute atomic E-state index is 0.213. The second-order valence-electron chi connectivity index (χ2n) is 5.18. The molecular weight excluding hydrogens is 286 g/mol. The number of halogens is 1. The van der Waals surface area contributed by atoms with E-state index < -0.39 is 10.0 Å². The van der Waals surface area contributed by atoms with Crippen molar-refractivity contribution in [3.05, 3.63) is 18.0 Å². The lowest BCUT2D eigenvalue weighted by atomic mass is 10.1. The summed E-state index contributed by atoms with van der Waals surface area (Å²) in [4.78, 5) is 5.38. The molecule has 0 spiro atoms. The molecule has 1 fully saturated rings.